The van der Waals surface area contributed by atoms with Crippen molar-refractivity contribution in [3.05, 3.63) is 33.5 Å². The molecule has 45 heavy (non-hydrogen) atoms. The third kappa shape index (κ3) is 5.85. The third-order valence-electron chi connectivity index (χ3n) is 8.59. The van der Waals surface area contributed by atoms with Crippen molar-refractivity contribution in [2.75, 3.05) is 19.4 Å². The molecule has 240 valence electrons. The summed E-state index contributed by atoms with van der Waals surface area (Å²) in [6.07, 6.45) is -0.318. The van der Waals surface area contributed by atoms with Crippen molar-refractivity contribution in [3.63, 3.8) is 0 Å². The third-order valence-corrected chi connectivity index (χ3v) is 9.74. The molecule has 7 atom stereocenters. The van der Waals surface area contributed by atoms with Crippen molar-refractivity contribution in [2.24, 2.45) is 34.6 Å². The number of thiophene rings is 1. The largest absolute Gasteiger partial charge is 0.456 e. The first kappa shape index (κ1) is 32.6. The molecule has 3 heterocycles. The van der Waals surface area contributed by atoms with Crippen LogP contribution in [-0.2, 0) is 23.9 Å². The number of ether oxygens (including phenoxy) is 2. The molecule has 1 amide bonds. The van der Waals surface area contributed by atoms with Crippen molar-refractivity contribution < 1.29 is 23.9 Å². The van der Waals surface area contributed by atoms with Crippen molar-refractivity contribution in [1.82, 2.24) is 24.8 Å². The first-order valence-electron chi connectivity index (χ1n) is 14.7. The van der Waals surface area contributed by atoms with Gasteiger partial charge < -0.3 is 36.1 Å². The van der Waals surface area contributed by atoms with E-state index in [4.69, 9.17) is 37.5 Å². The minimum absolute atomic E-state index is 0.214. The van der Waals surface area contributed by atoms with Crippen molar-refractivity contribution >= 4 is 57.8 Å². The fourth-order valence-corrected chi connectivity index (χ4v) is 6.76. The fraction of sp³-hybridized carbons (Fsp3) is 0.533. The van der Waals surface area contributed by atoms with E-state index in [9.17, 15) is 14.4 Å². The van der Waals surface area contributed by atoms with E-state index < -0.39 is 53.6 Å². The normalized spacial score (nSPS) is 24.9. The number of hydrogen-bond acceptors (Lipinski definition) is 12. The summed E-state index contributed by atoms with van der Waals surface area (Å²) in [6.45, 7) is 7.18. The van der Waals surface area contributed by atoms with Gasteiger partial charge in [-0.25, -0.2) is 15.0 Å². The van der Waals surface area contributed by atoms with Crippen molar-refractivity contribution in [1.29, 1.82) is 0 Å². The predicted octanol–water partition coefficient (Wildman–Crippen LogP) is 2.08. The Hall–Kier alpha value is -3.77. The highest BCUT2D eigenvalue weighted by Crippen LogP contribution is 2.69. The minimum Gasteiger partial charge on any atom is -0.456 e. The monoisotopic (exact) mass is 656 g/mol. The van der Waals surface area contributed by atoms with Crippen LogP contribution >= 0.6 is 22.9 Å². The highest BCUT2D eigenvalue weighted by Gasteiger charge is 2.78. The fourth-order valence-electron chi connectivity index (χ4n) is 5.86. The van der Waals surface area contributed by atoms with Gasteiger partial charge in [0.15, 0.2) is 29.2 Å². The van der Waals surface area contributed by atoms with E-state index in [-0.39, 0.29) is 23.6 Å². The average Bonchev–Trinajstić information content (AvgIpc) is 3.24. The molecule has 0 saturated heterocycles. The molecule has 0 bridgehead atoms. The van der Waals surface area contributed by atoms with E-state index in [0.717, 1.165) is 4.88 Å². The molecular formula is C30H37ClN8O5S. The van der Waals surface area contributed by atoms with E-state index in [2.05, 4.69) is 32.4 Å². The van der Waals surface area contributed by atoms with E-state index in [0.29, 0.717) is 27.7 Å². The molecule has 0 aromatic carbocycles. The second-order valence-corrected chi connectivity index (χ2v) is 13.8. The zero-order chi connectivity index (χ0) is 32.8. The average molecular weight is 657 g/mol. The number of anilines is 1. The molecule has 15 heteroatoms. The molecule has 3 aromatic heterocycles. The Morgan fingerprint density at radius 1 is 1.07 bits per heavy atom. The number of rotatable bonds is 9. The van der Waals surface area contributed by atoms with Gasteiger partial charge in [0.2, 0.25) is 11.7 Å². The molecular weight excluding hydrogens is 620 g/mol. The van der Waals surface area contributed by atoms with Gasteiger partial charge in [-0.15, -0.1) is 11.3 Å². The zero-order valence-electron chi connectivity index (χ0n) is 25.8. The smallest absolute Gasteiger partial charge is 0.323 e. The topological polar surface area (TPSA) is 189 Å². The Bertz CT molecular complexity index is 1700. The number of aromatic nitrogens is 4. The SMILES string of the molecule is CNC(=O)C12CC1C(n1cnc3c(NC)nc(C#Cc4ccc(Cl)s4)nc31)C(OC(=O)[C@@H](N)C(C)C)C2OC(=O)[C@@H](N)C(C)C. The predicted molar refractivity (Wildman–Crippen MR) is 169 cm³/mol. The van der Waals surface area contributed by atoms with Crippen LogP contribution in [0, 0.1) is 35.0 Å². The van der Waals surface area contributed by atoms with E-state index >= 15 is 0 Å². The number of carbonyl (C=O) groups is 3. The standard InChI is InChI=1S/C30H37ClN8O5S/c1-13(2)19(32)27(40)43-23-22(16-11-30(16,29(42)35-6)24(23)44-28(41)20(33)14(3)4)39-12-36-21-25(34-5)37-18(38-26(21)39)10-8-15-7-9-17(31)45-15/h7,9,12-14,16,19-20,22-24H,11,32-33H2,1-6H3,(H,35,42)(H,34,37,38)/t16?,19-,20-,22?,23?,24?,30?/m0/s1. The van der Waals surface area contributed by atoms with Crippen LogP contribution in [0.15, 0.2) is 18.5 Å². The van der Waals surface area contributed by atoms with Crippen molar-refractivity contribution in [3.8, 4) is 11.8 Å². The number of amides is 1. The van der Waals surface area contributed by atoms with Crippen LogP contribution < -0.4 is 22.1 Å². The van der Waals surface area contributed by atoms with Crippen LogP contribution in [-0.4, -0.2) is 75.8 Å². The molecule has 5 rings (SSSR count). The maximum atomic E-state index is 13.5. The molecule has 2 aliphatic carbocycles. The van der Waals surface area contributed by atoms with E-state index in [1.54, 1.807) is 57.8 Å². The molecule has 2 fully saturated rings. The van der Waals surface area contributed by atoms with Crippen LogP contribution in [0.2, 0.25) is 4.34 Å². The summed E-state index contributed by atoms with van der Waals surface area (Å²) in [4.78, 5) is 54.6. The second kappa shape index (κ2) is 12.6. The first-order chi connectivity index (χ1) is 21.3. The molecule has 13 nitrogen and oxygen atoms in total. The highest BCUT2D eigenvalue weighted by atomic mass is 35.5. The number of nitrogens with zero attached hydrogens (tertiary/aromatic N) is 4. The number of hydrogen-bond donors (Lipinski definition) is 4. The Morgan fingerprint density at radius 2 is 1.73 bits per heavy atom. The van der Waals surface area contributed by atoms with Crippen LogP contribution in [0.5, 0.6) is 0 Å². The molecule has 0 radical (unpaired) electrons. The molecule has 0 spiro atoms. The number of halogens is 1. The van der Waals surface area contributed by atoms with Crippen LogP contribution in [0.1, 0.15) is 50.9 Å². The van der Waals surface area contributed by atoms with Crippen LogP contribution in [0.3, 0.4) is 0 Å². The Kier molecular flexibility index (Phi) is 9.10. The lowest BCUT2D eigenvalue weighted by atomic mass is 9.96. The lowest BCUT2D eigenvalue weighted by Gasteiger charge is -2.32. The van der Waals surface area contributed by atoms with Gasteiger partial charge in [0.25, 0.3) is 0 Å². The van der Waals surface area contributed by atoms with Gasteiger partial charge in [-0.05, 0) is 42.2 Å². The minimum atomic E-state index is -1.17. The lowest BCUT2D eigenvalue weighted by Crippen LogP contribution is -2.50. The zero-order valence-corrected chi connectivity index (χ0v) is 27.4. The number of nitrogens with two attached hydrogens (primary N) is 2. The Labute approximate surface area is 269 Å². The van der Waals surface area contributed by atoms with E-state index in [1.165, 1.54) is 18.4 Å². The van der Waals surface area contributed by atoms with Gasteiger partial charge >= 0.3 is 11.9 Å². The molecule has 2 saturated carbocycles. The van der Waals surface area contributed by atoms with Crippen LogP contribution in [0.25, 0.3) is 11.2 Å². The molecule has 3 aromatic rings. The number of fused-ring (bicyclic) bond motifs is 2. The van der Waals surface area contributed by atoms with Gasteiger partial charge in [-0.3, -0.25) is 14.4 Å². The summed E-state index contributed by atoms with van der Waals surface area (Å²) in [5, 5.41) is 5.75. The summed E-state index contributed by atoms with van der Waals surface area (Å²) in [5.41, 5.74) is 12.0. The second-order valence-electron chi connectivity index (χ2n) is 12.0. The van der Waals surface area contributed by atoms with Gasteiger partial charge in [0, 0.05) is 20.0 Å². The van der Waals surface area contributed by atoms with Gasteiger partial charge in [-0.1, -0.05) is 39.3 Å². The number of carbonyl (C=O) groups excluding carboxylic acids is 3. The summed E-state index contributed by atoms with van der Waals surface area (Å²) in [7, 11) is 3.22. The lowest BCUT2D eigenvalue weighted by molar-refractivity contribution is -0.177. The highest BCUT2D eigenvalue weighted by molar-refractivity contribution is 7.16. The maximum Gasteiger partial charge on any atom is 0.323 e. The first-order valence-corrected chi connectivity index (χ1v) is 15.9. The van der Waals surface area contributed by atoms with E-state index in [1.807, 2.05) is 0 Å². The summed E-state index contributed by atoms with van der Waals surface area (Å²) in [5.74, 6) is 4.09. The number of esters is 2. The molecule has 0 aliphatic heterocycles. The molecule has 2 aliphatic rings. The Balaban J connectivity index is 1.64. The summed E-state index contributed by atoms with van der Waals surface area (Å²) >= 11 is 7.39. The summed E-state index contributed by atoms with van der Waals surface area (Å²) in [6, 6.07) is 0.973. The van der Waals surface area contributed by atoms with Gasteiger partial charge in [0.1, 0.15) is 12.1 Å². The number of imidazole rings is 1. The maximum absolute atomic E-state index is 13.5. The molecule has 5 unspecified atom stereocenters. The quantitative estimate of drug-likeness (QED) is 0.195. The van der Waals surface area contributed by atoms with Gasteiger partial charge in [0.05, 0.1) is 27.0 Å². The summed E-state index contributed by atoms with van der Waals surface area (Å²) < 4.78 is 14.4. The number of nitrogens with one attached hydrogen (secondary N) is 2. The van der Waals surface area contributed by atoms with Crippen molar-refractivity contribution in [2.45, 2.75) is 64.4 Å². The molecule has 6 N–H and O–H groups in total. The Morgan fingerprint density at radius 3 is 2.31 bits per heavy atom. The van der Waals surface area contributed by atoms with Gasteiger partial charge in [-0.2, -0.15) is 0 Å². The van der Waals surface area contributed by atoms with Crippen LogP contribution in [0.4, 0.5) is 5.82 Å².